The van der Waals surface area contributed by atoms with E-state index in [0.717, 1.165) is 66.3 Å². The molecule has 1 amide bonds. The van der Waals surface area contributed by atoms with Crippen LogP contribution in [0.3, 0.4) is 0 Å². The van der Waals surface area contributed by atoms with Crippen LogP contribution in [0.25, 0.3) is 16.7 Å². The number of anilines is 1. The Morgan fingerprint density at radius 3 is 2.32 bits per heavy atom. The van der Waals surface area contributed by atoms with Crippen LogP contribution in [0.15, 0.2) is 60.8 Å². The summed E-state index contributed by atoms with van der Waals surface area (Å²) < 4.78 is 1.89. The first-order chi connectivity index (χ1) is 16.7. The summed E-state index contributed by atoms with van der Waals surface area (Å²) in [6, 6.07) is 18.0. The van der Waals surface area contributed by atoms with Crippen LogP contribution in [0, 0.1) is 0 Å². The number of fused-ring (bicyclic) bond motifs is 1. The van der Waals surface area contributed by atoms with Gasteiger partial charge in [0.05, 0.1) is 17.3 Å². The Morgan fingerprint density at radius 2 is 1.65 bits per heavy atom. The second kappa shape index (κ2) is 9.63. The smallest absolute Gasteiger partial charge is 0.253 e. The second-order valence-corrected chi connectivity index (χ2v) is 8.67. The van der Waals surface area contributed by atoms with Gasteiger partial charge in [0, 0.05) is 38.2 Å². The summed E-state index contributed by atoms with van der Waals surface area (Å²) in [6.07, 6.45) is 4.63. The van der Waals surface area contributed by atoms with Gasteiger partial charge in [0.2, 0.25) is 0 Å². The average molecular weight is 455 g/mol. The van der Waals surface area contributed by atoms with Gasteiger partial charge in [-0.2, -0.15) is 5.10 Å². The van der Waals surface area contributed by atoms with E-state index in [2.05, 4.69) is 23.8 Å². The molecule has 0 atom stereocenters. The predicted molar refractivity (Wildman–Crippen MR) is 135 cm³/mol. The van der Waals surface area contributed by atoms with Gasteiger partial charge >= 0.3 is 0 Å². The van der Waals surface area contributed by atoms with Gasteiger partial charge in [-0.1, -0.05) is 44.2 Å². The number of aryl methyl sites for hydroxylation is 2. The molecule has 7 nitrogen and oxygen atoms in total. The molecule has 1 aliphatic heterocycles. The zero-order valence-electron chi connectivity index (χ0n) is 19.8. The zero-order chi connectivity index (χ0) is 23.5. The third-order valence-corrected chi connectivity index (χ3v) is 6.40. The molecule has 2 aromatic heterocycles. The minimum atomic E-state index is 0.0960. The van der Waals surface area contributed by atoms with Crippen LogP contribution in [0.4, 0.5) is 5.82 Å². The molecule has 4 aromatic rings. The topological polar surface area (TPSA) is 67.2 Å². The number of piperazine rings is 1. The van der Waals surface area contributed by atoms with E-state index >= 15 is 0 Å². The summed E-state index contributed by atoms with van der Waals surface area (Å²) in [5.74, 6) is 1.84. The van der Waals surface area contributed by atoms with Gasteiger partial charge in [-0.3, -0.25) is 4.79 Å². The molecule has 3 heterocycles. The molecule has 7 heteroatoms. The van der Waals surface area contributed by atoms with Gasteiger partial charge in [-0.15, -0.1) is 0 Å². The van der Waals surface area contributed by atoms with Crippen molar-refractivity contribution in [2.24, 2.45) is 0 Å². The van der Waals surface area contributed by atoms with E-state index in [1.165, 1.54) is 5.56 Å². The Balaban J connectivity index is 1.40. The molecular weight excluding hydrogens is 424 g/mol. The number of aromatic nitrogens is 4. The summed E-state index contributed by atoms with van der Waals surface area (Å²) in [5.41, 5.74) is 3.81. The summed E-state index contributed by atoms with van der Waals surface area (Å²) in [6.45, 7) is 7.04. The van der Waals surface area contributed by atoms with Gasteiger partial charge in [0.25, 0.3) is 5.91 Å². The lowest BCUT2D eigenvalue weighted by Gasteiger charge is -2.35. The molecule has 1 fully saturated rings. The molecule has 0 unspecified atom stereocenters. The molecule has 0 bridgehead atoms. The molecule has 0 N–H and O–H groups in total. The van der Waals surface area contributed by atoms with E-state index in [-0.39, 0.29) is 5.91 Å². The Hall–Kier alpha value is -3.74. The normalized spacial score (nSPS) is 14.1. The number of hydrogen-bond donors (Lipinski definition) is 0. The van der Waals surface area contributed by atoms with Crippen LogP contribution in [0.5, 0.6) is 0 Å². The quantitative estimate of drug-likeness (QED) is 0.435. The minimum absolute atomic E-state index is 0.0960. The summed E-state index contributed by atoms with van der Waals surface area (Å²) in [4.78, 5) is 27.0. The lowest BCUT2D eigenvalue weighted by Crippen LogP contribution is -2.49. The van der Waals surface area contributed by atoms with E-state index in [1.54, 1.807) is 0 Å². The maximum atomic E-state index is 13.0. The third-order valence-electron chi connectivity index (χ3n) is 6.40. The lowest BCUT2D eigenvalue weighted by molar-refractivity contribution is 0.0746. The predicted octanol–water partition coefficient (Wildman–Crippen LogP) is 4.29. The number of rotatable bonds is 6. The van der Waals surface area contributed by atoms with Crippen molar-refractivity contribution in [2.75, 3.05) is 31.1 Å². The molecule has 0 saturated carbocycles. The molecular formula is C27H30N6O. The van der Waals surface area contributed by atoms with Crippen LogP contribution in [-0.2, 0) is 12.8 Å². The van der Waals surface area contributed by atoms with Crippen molar-refractivity contribution in [1.82, 2.24) is 24.6 Å². The van der Waals surface area contributed by atoms with Crippen molar-refractivity contribution in [3.63, 3.8) is 0 Å². The van der Waals surface area contributed by atoms with E-state index in [9.17, 15) is 4.79 Å². The maximum Gasteiger partial charge on any atom is 0.253 e. The number of para-hydroxylation sites is 1. The van der Waals surface area contributed by atoms with Gasteiger partial charge < -0.3 is 9.80 Å². The summed E-state index contributed by atoms with van der Waals surface area (Å²) in [7, 11) is 0. The fourth-order valence-electron chi connectivity index (χ4n) is 4.46. The molecule has 5 rings (SSSR count). The molecule has 1 aliphatic rings. The Morgan fingerprint density at radius 1 is 0.912 bits per heavy atom. The van der Waals surface area contributed by atoms with E-state index in [0.29, 0.717) is 13.1 Å². The lowest BCUT2D eigenvalue weighted by atomic mass is 10.1. The molecule has 34 heavy (non-hydrogen) atoms. The highest BCUT2D eigenvalue weighted by Gasteiger charge is 2.25. The highest BCUT2D eigenvalue weighted by Crippen LogP contribution is 2.27. The van der Waals surface area contributed by atoms with Gasteiger partial charge in [0.15, 0.2) is 5.65 Å². The van der Waals surface area contributed by atoms with E-state index in [4.69, 9.17) is 9.97 Å². The van der Waals surface area contributed by atoms with E-state index < -0.39 is 0 Å². The first-order valence-corrected chi connectivity index (χ1v) is 12.1. The Labute approximate surface area is 200 Å². The number of carbonyl (C=O) groups is 1. The third kappa shape index (κ3) is 4.25. The molecule has 2 aromatic carbocycles. The molecule has 174 valence electrons. The van der Waals surface area contributed by atoms with Crippen LogP contribution < -0.4 is 4.90 Å². The van der Waals surface area contributed by atoms with Crippen LogP contribution in [-0.4, -0.2) is 56.7 Å². The van der Waals surface area contributed by atoms with Crippen LogP contribution >= 0.6 is 0 Å². The molecule has 0 radical (unpaired) electrons. The first-order valence-electron chi connectivity index (χ1n) is 12.1. The highest BCUT2D eigenvalue weighted by molar-refractivity contribution is 5.94. The van der Waals surface area contributed by atoms with Crippen LogP contribution in [0.2, 0.25) is 0 Å². The van der Waals surface area contributed by atoms with Crippen molar-refractivity contribution in [3.8, 4) is 5.69 Å². The fourth-order valence-corrected chi connectivity index (χ4v) is 4.46. The van der Waals surface area contributed by atoms with Crippen LogP contribution in [0.1, 0.15) is 42.0 Å². The highest BCUT2D eigenvalue weighted by atomic mass is 16.2. The minimum Gasteiger partial charge on any atom is -0.352 e. The number of nitrogens with zero attached hydrogens (tertiary/aromatic N) is 6. The van der Waals surface area contributed by atoms with Crippen molar-refractivity contribution in [1.29, 1.82) is 0 Å². The zero-order valence-corrected chi connectivity index (χ0v) is 19.8. The van der Waals surface area contributed by atoms with Crippen molar-refractivity contribution >= 4 is 22.8 Å². The van der Waals surface area contributed by atoms with Gasteiger partial charge in [0.1, 0.15) is 11.6 Å². The first kappa shape index (κ1) is 22.1. The number of benzene rings is 2. The Bertz CT molecular complexity index is 1270. The number of carbonyl (C=O) groups excluding carboxylic acids is 1. The molecule has 0 spiro atoms. The largest absolute Gasteiger partial charge is 0.352 e. The number of hydrogen-bond acceptors (Lipinski definition) is 5. The fraction of sp³-hybridized carbons (Fsp3) is 0.333. The second-order valence-electron chi connectivity index (χ2n) is 8.67. The molecule has 1 saturated heterocycles. The van der Waals surface area contributed by atoms with Gasteiger partial charge in [-0.25, -0.2) is 14.6 Å². The average Bonchev–Trinajstić information content (AvgIpc) is 3.33. The van der Waals surface area contributed by atoms with Crippen molar-refractivity contribution in [3.05, 3.63) is 77.7 Å². The standard InChI is InChI=1S/C27H30N6O/c1-3-8-24-29-25(23-19-28-33(26(23)30-24)22-9-6-5-7-10-22)31-15-17-32(18-16-31)27(34)21-13-11-20(4-2)12-14-21/h5-7,9-14,19H,3-4,8,15-18H2,1-2H3. The number of amides is 1. The molecule has 0 aliphatic carbocycles. The SMILES string of the molecule is CCCc1nc(N2CCN(C(=O)c3ccc(CC)cc3)CC2)c2cnn(-c3ccccc3)c2n1. The summed E-state index contributed by atoms with van der Waals surface area (Å²) in [5, 5.41) is 5.59. The van der Waals surface area contributed by atoms with E-state index in [1.807, 2.05) is 70.4 Å². The van der Waals surface area contributed by atoms with Crippen molar-refractivity contribution in [2.45, 2.75) is 33.1 Å². The monoisotopic (exact) mass is 454 g/mol. The maximum absolute atomic E-state index is 13.0. The van der Waals surface area contributed by atoms with Crippen molar-refractivity contribution < 1.29 is 4.79 Å². The Kier molecular flexibility index (Phi) is 6.25. The summed E-state index contributed by atoms with van der Waals surface area (Å²) >= 11 is 0. The van der Waals surface area contributed by atoms with Gasteiger partial charge in [-0.05, 0) is 42.7 Å².